The van der Waals surface area contributed by atoms with Crippen LogP contribution in [0.1, 0.15) is 48.8 Å². The summed E-state index contributed by atoms with van der Waals surface area (Å²) in [7, 11) is 0. The molecule has 1 aliphatic carbocycles. The molecule has 0 radical (unpaired) electrons. The van der Waals surface area contributed by atoms with Gasteiger partial charge in [-0.3, -0.25) is 9.78 Å². The fourth-order valence-corrected chi connectivity index (χ4v) is 4.42. The largest absolute Gasteiger partial charge is 0.324 e. The minimum Gasteiger partial charge on any atom is -0.324 e. The number of carbonyl (C=O) groups is 1. The molecule has 3 nitrogen and oxygen atoms in total. The molecular weight excluding hydrogens is 344 g/mol. The molecule has 1 heterocycles. The average Bonchev–Trinajstić information content (AvgIpc) is 2.71. The van der Waals surface area contributed by atoms with Crippen molar-refractivity contribution in [1.29, 1.82) is 0 Å². The van der Waals surface area contributed by atoms with Crippen molar-refractivity contribution in [3.63, 3.8) is 0 Å². The number of pyridine rings is 1. The maximum atomic E-state index is 13.4. The summed E-state index contributed by atoms with van der Waals surface area (Å²) in [4.78, 5) is 17.9. The summed E-state index contributed by atoms with van der Waals surface area (Å²) < 4.78 is 0. The van der Waals surface area contributed by atoms with Crippen LogP contribution in [0.25, 0.3) is 10.9 Å². The highest BCUT2D eigenvalue weighted by Crippen LogP contribution is 2.40. The molecule has 1 fully saturated rings. The van der Waals surface area contributed by atoms with Crippen LogP contribution >= 0.6 is 0 Å². The molecule has 0 bridgehead atoms. The molecule has 1 amide bonds. The first-order valence-electron chi connectivity index (χ1n) is 10.3. The number of amides is 1. The van der Waals surface area contributed by atoms with Crippen LogP contribution in [0, 0.1) is 19.3 Å². The van der Waals surface area contributed by atoms with E-state index in [1.807, 2.05) is 30.3 Å². The molecule has 1 saturated carbocycles. The highest BCUT2D eigenvalue weighted by atomic mass is 16.2. The standard InChI is InChI=1S/C25H28N2O/c1-18-10-11-20(14-19(18)2)16-25(12-6-3-7-13-25)24(28)27-22-15-21-8-4-5-9-23(21)26-17-22/h4-5,8-11,14-15,17H,3,6-7,12-13,16H2,1-2H3,(H,27,28). The summed E-state index contributed by atoms with van der Waals surface area (Å²) in [5, 5.41) is 4.24. The lowest BCUT2D eigenvalue weighted by Gasteiger charge is -2.36. The summed E-state index contributed by atoms with van der Waals surface area (Å²) in [6.45, 7) is 4.28. The average molecular weight is 373 g/mol. The van der Waals surface area contributed by atoms with Crippen LogP contribution in [0.4, 0.5) is 5.69 Å². The predicted octanol–water partition coefficient (Wildman–Crippen LogP) is 5.98. The van der Waals surface area contributed by atoms with Gasteiger partial charge in [0.1, 0.15) is 0 Å². The van der Waals surface area contributed by atoms with Crippen molar-refractivity contribution in [3.8, 4) is 0 Å². The number of rotatable bonds is 4. The van der Waals surface area contributed by atoms with Crippen molar-refractivity contribution in [2.24, 2.45) is 5.41 Å². The van der Waals surface area contributed by atoms with E-state index in [2.05, 4.69) is 42.3 Å². The lowest BCUT2D eigenvalue weighted by molar-refractivity contribution is -0.127. The van der Waals surface area contributed by atoms with Crippen LogP contribution in [-0.2, 0) is 11.2 Å². The van der Waals surface area contributed by atoms with Crippen molar-refractivity contribution in [3.05, 3.63) is 71.4 Å². The molecule has 1 aliphatic rings. The number of hydrogen-bond acceptors (Lipinski definition) is 2. The topological polar surface area (TPSA) is 42.0 Å². The fourth-order valence-electron chi connectivity index (χ4n) is 4.42. The van der Waals surface area contributed by atoms with Crippen molar-refractivity contribution >= 4 is 22.5 Å². The molecule has 3 aromatic rings. The number of carbonyl (C=O) groups excluding carboxylic acids is 1. The summed E-state index contributed by atoms with van der Waals surface area (Å²) in [6.07, 6.45) is 7.94. The third-order valence-electron chi connectivity index (χ3n) is 6.25. The SMILES string of the molecule is Cc1ccc(CC2(C(=O)Nc3cnc4ccccc4c3)CCCCC2)cc1C. The van der Waals surface area contributed by atoms with E-state index < -0.39 is 0 Å². The van der Waals surface area contributed by atoms with Gasteiger partial charge in [-0.2, -0.15) is 0 Å². The van der Waals surface area contributed by atoms with Crippen LogP contribution in [0.15, 0.2) is 54.7 Å². The fraction of sp³-hybridized carbons (Fsp3) is 0.360. The Morgan fingerprint density at radius 1 is 1.00 bits per heavy atom. The maximum absolute atomic E-state index is 13.4. The normalized spacial score (nSPS) is 16.1. The molecule has 0 aliphatic heterocycles. The summed E-state index contributed by atoms with van der Waals surface area (Å²) in [6, 6.07) is 16.6. The third kappa shape index (κ3) is 3.80. The molecule has 2 aromatic carbocycles. The molecule has 0 spiro atoms. The number of para-hydroxylation sites is 1. The smallest absolute Gasteiger partial charge is 0.230 e. The van der Waals surface area contributed by atoms with Gasteiger partial charge >= 0.3 is 0 Å². The number of hydrogen-bond donors (Lipinski definition) is 1. The van der Waals surface area contributed by atoms with Gasteiger partial charge in [0.25, 0.3) is 0 Å². The van der Waals surface area contributed by atoms with Gasteiger partial charge in [-0.05, 0) is 61.9 Å². The number of aryl methyl sites for hydroxylation is 2. The van der Waals surface area contributed by atoms with Crippen molar-refractivity contribution in [1.82, 2.24) is 4.98 Å². The number of benzene rings is 2. The Bertz CT molecular complexity index is 1000. The van der Waals surface area contributed by atoms with Crippen molar-refractivity contribution < 1.29 is 4.79 Å². The van der Waals surface area contributed by atoms with Crippen molar-refractivity contribution in [2.75, 3.05) is 5.32 Å². The zero-order valence-electron chi connectivity index (χ0n) is 16.8. The molecule has 3 heteroatoms. The van der Waals surface area contributed by atoms with Gasteiger partial charge < -0.3 is 5.32 Å². The molecule has 28 heavy (non-hydrogen) atoms. The Kier molecular flexibility index (Phi) is 5.17. The van der Waals surface area contributed by atoms with Gasteiger partial charge in [-0.15, -0.1) is 0 Å². The molecule has 0 saturated heterocycles. The minimum atomic E-state index is -0.328. The first-order chi connectivity index (χ1) is 13.6. The van der Waals surface area contributed by atoms with E-state index in [-0.39, 0.29) is 11.3 Å². The summed E-state index contributed by atoms with van der Waals surface area (Å²) in [5.41, 5.74) is 5.26. The number of fused-ring (bicyclic) bond motifs is 1. The summed E-state index contributed by atoms with van der Waals surface area (Å²) >= 11 is 0. The molecule has 1 aromatic heterocycles. The molecule has 0 unspecified atom stereocenters. The van der Waals surface area contributed by atoms with E-state index in [9.17, 15) is 4.79 Å². The van der Waals surface area contributed by atoms with E-state index in [0.29, 0.717) is 0 Å². The van der Waals surface area contributed by atoms with Crippen LogP contribution in [0.5, 0.6) is 0 Å². The Morgan fingerprint density at radius 2 is 1.79 bits per heavy atom. The zero-order valence-corrected chi connectivity index (χ0v) is 16.8. The number of anilines is 1. The Labute approximate surface area is 167 Å². The van der Waals surface area contributed by atoms with Crippen LogP contribution in [-0.4, -0.2) is 10.9 Å². The van der Waals surface area contributed by atoms with Crippen LogP contribution in [0.2, 0.25) is 0 Å². The number of nitrogens with one attached hydrogen (secondary N) is 1. The lowest BCUT2D eigenvalue weighted by Crippen LogP contribution is -2.40. The number of aromatic nitrogens is 1. The molecule has 4 rings (SSSR count). The molecule has 0 atom stereocenters. The monoisotopic (exact) mass is 372 g/mol. The summed E-state index contributed by atoms with van der Waals surface area (Å²) in [5.74, 6) is 0.141. The van der Waals surface area contributed by atoms with Gasteiger partial charge in [-0.1, -0.05) is 55.7 Å². The minimum absolute atomic E-state index is 0.141. The van der Waals surface area contributed by atoms with Crippen molar-refractivity contribution in [2.45, 2.75) is 52.4 Å². The zero-order chi connectivity index (χ0) is 19.6. The third-order valence-corrected chi connectivity index (χ3v) is 6.25. The second-order valence-electron chi connectivity index (χ2n) is 8.31. The molecule has 144 valence electrons. The van der Waals surface area contributed by atoms with Crippen LogP contribution < -0.4 is 5.32 Å². The molecular formula is C25H28N2O. The van der Waals surface area contributed by atoms with E-state index >= 15 is 0 Å². The number of nitrogens with zero attached hydrogens (tertiary/aromatic N) is 1. The van der Waals surface area contributed by atoms with E-state index in [1.54, 1.807) is 6.20 Å². The lowest BCUT2D eigenvalue weighted by atomic mass is 9.69. The van der Waals surface area contributed by atoms with Gasteiger partial charge in [0.15, 0.2) is 0 Å². The highest BCUT2D eigenvalue weighted by molar-refractivity contribution is 5.97. The van der Waals surface area contributed by atoms with Gasteiger partial charge in [-0.25, -0.2) is 0 Å². The first kappa shape index (κ1) is 18.7. The van der Waals surface area contributed by atoms with Gasteiger partial charge in [0.2, 0.25) is 5.91 Å². The second-order valence-corrected chi connectivity index (χ2v) is 8.31. The van der Waals surface area contributed by atoms with Gasteiger partial charge in [0.05, 0.1) is 22.8 Å². The van der Waals surface area contributed by atoms with E-state index in [1.165, 1.54) is 23.1 Å². The first-order valence-corrected chi connectivity index (χ1v) is 10.3. The second kappa shape index (κ2) is 7.75. The Morgan fingerprint density at radius 3 is 2.57 bits per heavy atom. The highest BCUT2D eigenvalue weighted by Gasteiger charge is 2.39. The predicted molar refractivity (Wildman–Crippen MR) is 116 cm³/mol. The molecule has 1 N–H and O–H groups in total. The van der Waals surface area contributed by atoms with Crippen LogP contribution in [0.3, 0.4) is 0 Å². The van der Waals surface area contributed by atoms with Gasteiger partial charge in [0, 0.05) is 5.39 Å². The Balaban J connectivity index is 1.60. The Hall–Kier alpha value is -2.68. The maximum Gasteiger partial charge on any atom is 0.230 e. The van der Waals surface area contributed by atoms with E-state index in [4.69, 9.17) is 0 Å². The quantitative estimate of drug-likeness (QED) is 0.612. The van der Waals surface area contributed by atoms with E-state index in [0.717, 1.165) is 48.7 Å².